The summed E-state index contributed by atoms with van der Waals surface area (Å²) in [5.41, 5.74) is 1.98. The number of hydrogen-bond acceptors (Lipinski definition) is 8. The Morgan fingerprint density at radius 2 is 1.64 bits per heavy atom. The van der Waals surface area contributed by atoms with Gasteiger partial charge in [-0.25, -0.2) is 9.88 Å². The standard InChI is InChI=1S/C40H28Br2Cl3F3N4O6/c1-16-3-8-20(12-26(16)44)51-35(54)22-10-9-21-23(29(22)37(51)56)13-25-36(55)52(50-34-27(45)11-18(15-49-34)40(46,47)48)38(57)39(25,17-4-6-19(43)7-5-17)30(21)24-14-28(58-2)33(53)32(42)31(24)41/h3-9,11-12,14-15,22-23,25,29-30,53H,10,13H2,1-2H3,(H,49,50)/t22-,23+,25-,29-,30+,39+/m0/s1. The van der Waals surface area contributed by atoms with Crippen LogP contribution in [0.3, 0.4) is 0 Å². The lowest BCUT2D eigenvalue weighted by Crippen LogP contribution is -2.53. The highest BCUT2D eigenvalue weighted by atomic mass is 79.9. The van der Waals surface area contributed by atoms with E-state index < -0.39 is 81.2 Å². The number of pyridine rings is 1. The number of aryl methyl sites for hydroxylation is 1. The first-order valence-electron chi connectivity index (χ1n) is 17.6. The Morgan fingerprint density at radius 3 is 2.28 bits per heavy atom. The summed E-state index contributed by atoms with van der Waals surface area (Å²) in [6.45, 7) is 1.79. The number of hydrogen-bond donors (Lipinski definition) is 2. The Bertz CT molecular complexity index is 2510. The van der Waals surface area contributed by atoms with Crippen molar-refractivity contribution >= 4 is 102 Å². The van der Waals surface area contributed by atoms with Gasteiger partial charge in [0.2, 0.25) is 11.8 Å². The van der Waals surface area contributed by atoms with Crippen molar-refractivity contribution in [1.29, 1.82) is 0 Å². The molecule has 4 amide bonds. The number of phenols is 1. The second kappa shape index (κ2) is 14.5. The first kappa shape index (κ1) is 40.6. The largest absolute Gasteiger partial charge is 0.503 e. The highest BCUT2D eigenvalue weighted by Gasteiger charge is 2.71. The molecule has 3 aromatic carbocycles. The molecule has 3 fully saturated rings. The number of ether oxygens (including phenoxy) is 1. The number of imide groups is 2. The molecule has 2 N–H and O–H groups in total. The Labute approximate surface area is 360 Å². The van der Waals surface area contributed by atoms with Crippen LogP contribution in [0.5, 0.6) is 11.5 Å². The van der Waals surface area contributed by atoms with Crippen LogP contribution in [0, 0.1) is 30.6 Å². The minimum atomic E-state index is -4.77. The minimum absolute atomic E-state index is 0.0197. The van der Waals surface area contributed by atoms with Crippen molar-refractivity contribution in [1.82, 2.24) is 9.99 Å². The van der Waals surface area contributed by atoms with Gasteiger partial charge in [0.1, 0.15) is 0 Å². The van der Waals surface area contributed by atoms with Gasteiger partial charge < -0.3 is 9.84 Å². The number of methoxy groups -OCH3 is 1. The maximum Gasteiger partial charge on any atom is 0.417 e. The molecule has 8 rings (SSSR count). The lowest BCUT2D eigenvalue weighted by atomic mass is 9.49. The molecule has 4 aromatic rings. The van der Waals surface area contributed by atoms with Gasteiger partial charge in [-0.3, -0.25) is 24.6 Å². The maximum absolute atomic E-state index is 15.5. The van der Waals surface area contributed by atoms with Gasteiger partial charge in [0.15, 0.2) is 17.3 Å². The highest BCUT2D eigenvalue weighted by molar-refractivity contribution is 9.13. The molecule has 1 saturated carbocycles. The number of nitrogens with zero attached hydrogens (tertiary/aromatic N) is 3. The minimum Gasteiger partial charge on any atom is -0.503 e. The summed E-state index contributed by atoms with van der Waals surface area (Å²) in [4.78, 5) is 64.3. The molecule has 6 atom stereocenters. The number of hydrazine groups is 1. The Balaban J connectivity index is 1.35. The van der Waals surface area contributed by atoms with Crippen molar-refractivity contribution in [3.8, 4) is 11.5 Å². The first-order valence-corrected chi connectivity index (χ1v) is 20.4. The number of halogens is 8. The second-order valence-electron chi connectivity index (χ2n) is 14.5. The molecule has 0 spiro atoms. The summed E-state index contributed by atoms with van der Waals surface area (Å²) in [5.74, 6) is -8.09. The Hall–Kier alpha value is -4.15. The third-order valence-corrected chi connectivity index (χ3v) is 14.8. The number of aromatic hydroxyl groups is 1. The number of aromatic nitrogens is 1. The van der Waals surface area contributed by atoms with Crippen molar-refractivity contribution < 1.29 is 42.2 Å². The van der Waals surface area contributed by atoms with Gasteiger partial charge >= 0.3 is 6.18 Å². The van der Waals surface area contributed by atoms with Gasteiger partial charge in [0.05, 0.1) is 51.0 Å². The van der Waals surface area contributed by atoms with Gasteiger partial charge in [-0.15, -0.1) is 0 Å². The van der Waals surface area contributed by atoms with E-state index in [1.165, 1.54) is 13.2 Å². The number of amides is 4. The average molecular weight is 984 g/mol. The zero-order chi connectivity index (χ0) is 41.7. The summed E-state index contributed by atoms with van der Waals surface area (Å²) in [6.07, 6.45) is -2.40. The van der Waals surface area contributed by atoms with E-state index in [1.807, 2.05) is 6.08 Å². The Kier molecular flexibility index (Phi) is 10.2. The number of carbonyl (C=O) groups is 4. The predicted octanol–water partition coefficient (Wildman–Crippen LogP) is 9.80. The topological polar surface area (TPSA) is 129 Å². The van der Waals surface area contributed by atoms with E-state index in [0.29, 0.717) is 54.2 Å². The van der Waals surface area contributed by atoms with Crippen molar-refractivity contribution in [2.45, 2.75) is 37.3 Å². The summed E-state index contributed by atoms with van der Waals surface area (Å²) < 4.78 is 46.7. The van der Waals surface area contributed by atoms with E-state index in [4.69, 9.17) is 39.5 Å². The Morgan fingerprint density at radius 1 is 0.931 bits per heavy atom. The number of phenolic OH excluding ortho intramolecular Hbond substituents is 1. The molecule has 58 heavy (non-hydrogen) atoms. The number of benzene rings is 3. The fourth-order valence-electron chi connectivity index (χ4n) is 9.08. The van der Waals surface area contributed by atoms with Crippen LogP contribution in [0.1, 0.15) is 41.0 Å². The van der Waals surface area contributed by atoms with E-state index in [2.05, 4.69) is 42.3 Å². The number of alkyl halides is 3. The summed E-state index contributed by atoms with van der Waals surface area (Å²) in [7, 11) is 1.34. The first-order chi connectivity index (χ1) is 27.4. The van der Waals surface area contributed by atoms with Crippen LogP contribution in [-0.4, -0.2) is 45.8 Å². The molecule has 18 heteroatoms. The van der Waals surface area contributed by atoms with E-state index in [-0.39, 0.29) is 28.8 Å². The lowest BCUT2D eigenvalue weighted by Gasteiger charge is -2.51. The molecule has 0 bridgehead atoms. The molecule has 300 valence electrons. The van der Waals surface area contributed by atoms with Gasteiger partial charge in [0.25, 0.3) is 11.8 Å². The summed E-state index contributed by atoms with van der Waals surface area (Å²) in [5, 5.41) is 11.9. The van der Waals surface area contributed by atoms with Crippen molar-refractivity contribution in [3.05, 3.63) is 119 Å². The zero-order valence-corrected chi connectivity index (χ0v) is 35.4. The number of nitrogens with one attached hydrogen (secondary N) is 1. The summed E-state index contributed by atoms with van der Waals surface area (Å²) >= 11 is 26.2. The molecule has 2 saturated heterocycles. The highest BCUT2D eigenvalue weighted by Crippen LogP contribution is 2.66. The van der Waals surface area contributed by atoms with E-state index in [1.54, 1.807) is 49.4 Å². The van der Waals surface area contributed by atoms with Crippen LogP contribution in [-0.2, 0) is 30.8 Å². The average Bonchev–Trinajstić information content (AvgIpc) is 3.56. The molecule has 10 nitrogen and oxygen atoms in total. The molecule has 2 aliphatic carbocycles. The van der Waals surface area contributed by atoms with Crippen molar-refractivity contribution in [3.63, 3.8) is 0 Å². The molecular weight excluding hydrogens is 956 g/mol. The van der Waals surface area contributed by atoms with E-state index in [9.17, 15) is 32.7 Å². The zero-order valence-electron chi connectivity index (χ0n) is 30.0. The molecule has 3 heterocycles. The monoisotopic (exact) mass is 980 g/mol. The maximum atomic E-state index is 15.5. The molecule has 1 aromatic heterocycles. The number of anilines is 2. The molecule has 2 aliphatic heterocycles. The van der Waals surface area contributed by atoms with Crippen LogP contribution in [0.15, 0.2) is 81.4 Å². The van der Waals surface area contributed by atoms with Crippen LogP contribution < -0.4 is 15.1 Å². The van der Waals surface area contributed by atoms with E-state index in [0.717, 1.165) is 10.5 Å². The molecule has 4 aliphatic rings. The predicted molar refractivity (Wildman–Crippen MR) is 216 cm³/mol. The normalized spacial score (nSPS) is 25.4. The van der Waals surface area contributed by atoms with Crippen molar-refractivity contribution in [2.75, 3.05) is 17.4 Å². The number of allylic oxidation sites excluding steroid dienone is 2. The van der Waals surface area contributed by atoms with Crippen molar-refractivity contribution in [2.24, 2.45) is 23.7 Å². The summed E-state index contributed by atoms with van der Waals surface area (Å²) in [6, 6.07) is 13.4. The van der Waals surface area contributed by atoms with Crippen LogP contribution >= 0.6 is 66.7 Å². The number of fused-ring (bicyclic) bond motifs is 4. The number of carbonyl (C=O) groups excluding carboxylic acids is 4. The van der Waals surface area contributed by atoms with Crippen LogP contribution in [0.2, 0.25) is 15.1 Å². The van der Waals surface area contributed by atoms with Crippen LogP contribution in [0.4, 0.5) is 24.7 Å². The van der Waals surface area contributed by atoms with E-state index >= 15 is 4.79 Å². The molecule has 0 unspecified atom stereocenters. The molecule has 0 radical (unpaired) electrons. The fraction of sp³-hybridized carbons (Fsp3) is 0.275. The quantitative estimate of drug-likeness (QED) is 0.144. The van der Waals surface area contributed by atoms with Gasteiger partial charge in [-0.1, -0.05) is 64.7 Å². The smallest absolute Gasteiger partial charge is 0.417 e. The second-order valence-corrected chi connectivity index (χ2v) is 17.3. The van der Waals surface area contributed by atoms with Gasteiger partial charge in [0, 0.05) is 26.6 Å². The lowest BCUT2D eigenvalue weighted by molar-refractivity contribution is -0.139. The SMILES string of the molecule is COc1cc([C@H]2C3=CC[C@@H]4C(=O)N(c5ccc(C)c(Cl)c5)C(=O)[C@@H]4[C@@H]3C[C@H]3C(=O)N(Nc4ncc(C(F)(F)F)cc4Cl)C(=O)[C@@]23c2ccc(Cl)cc2)c(Br)c(Br)c1O. The van der Waals surface area contributed by atoms with Crippen LogP contribution in [0.25, 0.3) is 0 Å². The third-order valence-electron chi connectivity index (χ3n) is 11.7. The third kappa shape index (κ3) is 6.05. The fourth-order valence-corrected chi connectivity index (χ4v) is 10.5. The number of rotatable bonds is 6. The molecular formula is C40H28Br2Cl3F3N4O6. The van der Waals surface area contributed by atoms with Gasteiger partial charge in [-0.05, 0) is 111 Å². The van der Waals surface area contributed by atoms with Gasteiger partial charge in [-0.2, -0.15) is 18.2 Å².